The second-order valence-electron chi connectivity index (χ2n) is 3.61. The number of nitrogens with zero attached hydrogens (tertiary/aromatic N) is 2. The van der Waals surface area contributed by atoms with Gasteiger partial charge in [-0.2, -0.15) is 0 Å². The summed E-state index contributed by atoms with van der Waals surface area (Å²) in [6.07, 6.45) is 0. The van der Waals surface area contributed by atoms with E-state index < -0.39 is 0 Å². The number of nitrogens with one attached hydrogen (secondary N) is 1. The molecule has 0 heterocycles. The van der Waals surface area contributed by atoms with Gasteiger partial charge in [-0.05, 0) is 20.8 Å². The number of aliphatic imine (C=N–C) groups is 1. The predicted molar refractivity (Wildman–Crippen MR) is 59.0 cm³/mol. The summed E-state index contributed by atoms with van der Waals surface area (Å²) in [6.45, 7) is 6.71. The Balaban J connectivity index is 4.37. The van der Waals surface area contributed by atoms with E-state index in [0.29, 0.717) is 12.6 Å². The van der Waals surface area contributed by atoms with E-state index in [1.165, 1.54) is 0 Å². The summed E-state index contributed by atoms with van der Waals surface area (Å²) in [5.41, 5.74) is 2.59. The van der Waals surface area contributed by atoms with E-state index in [1.54, 1.807) is 7.11 Å². The number of nitrogens with two attached hydrogens (primary N) is 1. The highest BCUT2D eigenvalue weighted by Crippen LogP contribution is 1.98. The molecule has 0 fully saturated rings. The van der Waals surface area contributed by atoms with Crippen molar-refractivity contribution in [3.63, 3.8) is 0 Å². The van der Waals surface area contributed by atoms with Crippen LogP contribution in [-0.4, -0.2) is 43.7 Å². The maximum absolute atomic E-state index is 5.39. The average molecular weight is 202 g/mol. The van der Waals surface area contributed by atoms with Crippen molar-refractivity contribution in [3.8, 4) is 0 Å². The lowest BCUT2D eigenvalue weighted by Gasteiger charge is -2.27. The van der Waals surface area contributed by atoms with Gasteiger partial charge in [0.1, 0.15) is 0 Å². The minimum Gasteiger partial charge on any atom is -0.383 e. The number of likely N-dealkylation sites (N-methyl/N-ethyl adjacent to an activating group) is 1. The number of ether oxygens (including phenoxy) is 1. The number of rotatable bonds is 4. The van der Waals surface area contributed by atoms with Crippen molar-refractivity contribution < 1.29 is 4.74 Å². The van der Waals surface area contributed by atoms with Gasteiger partial charge in [0.15, 0.2) is 0 Å². The van der Waals surface area contributed by atoms with E-state index in [0.717, 1.165) is 0 Å². The van der Waals surface area contributed by atoms with Crippen LogP contribution in [0.1, 0.15) is 20.8 Å². The maximum Gasteiger partial charge on any atom is 0.208 e. The normalized spacial score (nSPS) is 14.4. The first kappa shape index (κ1) is 13.2. The summed E-state index contributed by atoms with van der Waals surface area (Å²) in [4.78, 5) is 6.31. The van der Waals surface area contributed by atoms with Gasteiger partial charge < -0.3 is 9.64 Å². The molecule has 5 nitrogen and oxygen atoms in total. The Morgan fingerprint density at radius 3 is 2.43 bits per heavy atom. The van der Waals surface area contributed by atoms with Crippen LogP contribution in [-0.2, 0) is 4.74 Å². The molecule has 0 aliphatic heterocycles. The fourth-order valence-electron chi connectivity index (χ4n) is 1.04. The lowest BCUT2D eigenvalue weighted by atomic mass is 10.3. The first-order chi connectivity index (χ1) is 6.52. The zero-order chi connectivity index (χ0) is 11.1. The SMILES string of the molecule is COCC(C)N(C)C(=NC(C)C)NN. The van der Waals surface area contributed by atoms with Gasteiger partial charge in [-0.15, -0.1) is 0 Å². The molecule has 0 aromatic carbocycles. The first-order valence-electron chi connectivity index (χ1n) is 4.79. The summed E-state index contributed by atoms with van der Waals surface area (Å²) in [6, 6.07) is 0.465. The Morgan fingerprint density at radius 2 is 2.07 bits per heavy atom. The summed E-state index contributed by atoms with van der Waals surface area (Å²) in [5, 5.41) is 0. The number of hydrogen-bond donors (Lipinski definition) is 2. The van der Waals surface area contributed by atoms with Gasteiger partial charge in [0.05, 0.1) is 12.6 Å². The lowest BCUT2D eigenvalue weighted by molar-refractivity contribution is 0.144. The molecule has 0 aliphatic carbocycles. The molecule has 84 valence electrons. The monoisotopic (exact) mass is 202 g/mol. The Hall–Kier alpha value is -0.810. The third-order valence-electron chi connectivity index (χ3n) is 1.91. The van der Waals surface area contributed by atoms with Crippen LogP contribution in [0.2, 0.25) is 0 Å². The van der Waals surface area contributed by atoms with Crippen molar-refractivity contribution in [3.05, 3.63) is 0 Å². The Kier molecular flexibility index (Phi) is 6.23. The molecule has 0 aromatic heterocycles. The van der Waals surface area contributed by atoms with Crippen molar-refractivity contribution in [2.24, 2.45) is 10.8 Å². The molecule has 0 amide bonds. The van der Waals surface area contributed by atoms with Gasteiger partial charge in [-0.1, -0.05) is 0 Å². The third kappa shape index (κ3) is 4.43. The van der Waals surface area contributed by atoms with Crippen molar-refractivity contribution in [2.45, 2.75) is 32.9 Å². The molecule has 3 N–H and O–H groups in total. The van der Waals surface area contributed by atoms with Crippen LogP contribution in [0.5, 0.6) is 0 Å². The van der Waals surface area contributed by atoms with Crippen LogP contribution in [0.4, 0.5) is 0 Å². The first-order valence-corrected chi connectivity index (χ1v) is 4.79. The fourth-order valence-corrected chi connectivity index (χ4v) is 1.04. The molecule has 5 heteroatoms. The standard InChI is InChI=1S/C9H22N4O/c1-7(2)11-9(12-10)13(4)8(3)6-14-5/h7-8H,6,10H2,1-5H3,(H,11,12). The van der Waals surface area contributed by atoms with Crippen molar-refractivity contribution in [1.82, 2.24) is 10.3 Å². The van der Waals surface area contributed by atoms with Gasteiger partial charge in [0.25, 0.3) is 0 Å². The number of guanidine groups is 1. The largest absolute Gasteiger partial charge is 0.383 e. The van der Waals surface area contributed by atoms with Crippen LogP contribution in [0.15, 0.2) is 4.99 Å². The molecule has 14 heavy (non-hydrogen) atoms. The highest BCUT2D eigenvalue weighted by atomic mass is 16.5. The Morgan fingerprint density at radius 1 is 1.50 bits per heavy atom. The summed E-state index contributed by atoms with van der Waals surface area (Å²) >= 11 is 0. The van der Waals surface area contributed by atoms with E-state index in [1.807, 2.05) is 25.8 Å². The number of methoxy groups -OCH3 is 1. The zero-order valence-corrected chi connectivity index (χ0v) is 9.74. The minimum absolute atomic E-state index is 0.221. The van der Waals surface area contributed by atoms with E-state index in [9.17, 15) is 0 Å². The van der Waals surface area contributed by atoms with Crippen LogP contribution in [0.25, 0.3) is 0 Å². The van der Waals surface area contributed by atoms with Crippen LogP contribution in [0.3, 0.4) is 0 Å². The average Bonchev–Trinajstić information content (AvgIpc) is 2.13. The molecule has 0 rings (SSSR count). The second kappa shape index (κ2) is 6.62. The Labute approximate surface area is 86.3 Å². The lowest BCUT2D eigenvalue weighted by Crippen LogP contribution is -2.48. The molecule has 0 radical (unpaired) electrons. The van der Waals surface area contributed by atoms with Crippen molar-refractivity contribution in [2.75, 3.05) is 20.8 Å². The molecule has 0 saturated carbocycles. The van der Waals surface area contributed by atoms with E-state index in [-0.39, 0.29) is 12.1 Å². The van der Waals surface area contributed by atoms with E-state index in [4.69, 9.17) is 10.6 Å². The van der Waals surface area contributed by atoms with Crippen LogP contribution >= 0.6 is 0 Å². The molecule has 0 saturated heterocycles. The maximum atomic E-state index is 5.39. The quantitative estimate of drug-likeness (QED) is 0.295. The molecule has 0 spiro atoms. The van der Waals surface area contributed by atoms with Crippen molar-refractivity contribution >= 4 is 5.96 Å². The summed E-state index contributed by atoms with van der Waals surface area (Å²) in [7, 11) is 3.62. The highest BCUT2D eigenvalue weighted by molar-refractivity contribution is 5.79. The molecule has 0 aliphatic rings. The minimum atomic E-state index is 0.221. The molecule has 0 bridgehead atoms. The van der Waals surface area contributed by atoms with Gasteiger partial charge in [0, 0.05) is 20.2 Å². The predicted octanol–water partition coefficient (Wildman–Crippen LogP) is 0.181. The Bertz CT molecular complexity index is 182. The number of hydrogen-bond acceptors (Lipinski definition) is 3. The molecular weight excluding hydrogens is 180 g/mol. The smallest absolute Gasteiger partial charge is 0.208 e. The highest BCUT2D eigenvalue weighted by Gasteiger charge is 2.12. The summed E-state index contributed by atoms with van der Waals surface area (Å²) in [5.74, 6) is 6.08. The number of hydrazine groups is 1. The van der Waals surface area contributed by atoms with Gasteiger partial charge in [0.2, 0.25) is 5.96 Å². The second-order valence-corrected chi connectivity index (χ2v) is 3.61. The molecule has 1 atom stereocenters. The van der Waals surface area contributed by atoms with Crippen LogP contribution in [0, 0.1) is 0 Å². The summed E-state index contributed by atoms with van der Waals surface area (Å²) < 4.78 is 5.06. The van der Waals surface area contributed by atoms with E-state index in [2.05, 4.69) is 17.3 Å². The van der Waals surface area contributed by atoms with E-state index >= 15 is 0 Å². The van der Waals surface area contributed by atoms with Gasteiger partial charge >= 0.3 is 0 Å². The van der Waals surface area contributed by atoms with Gasteiger partial charge in [-0.3, -0.25) is 5.43 Å². The van der Waals surface area contributed by atoms with Crippen LogP contribution < -0.4 is 11.3 Å². The molecular formula is C9H22N4O. The third-order valence-corrected chi connectivity index (χ3v) is 1.91. The van der Waals surface area contributed by atoms with Crippen molar-refractivity contribution in [1.29, 1.82) is 0 Å². The fraction of sp³-hybridized carbons (Fsp3) is 0.889. The van der Waals surface area contributed by atoms with Gasteiger partial charge in [-0.25, -0.2) is 10.8 Å². The molecule has 1 unspecified atom stereocenters. The zero-order valence-electron chi connectivity index (χ0n) is 9.74. The topological polar surface area (TPSA) is 62.9 Å². The molecule has 0 aromatic rings.